The molecule has 1 aliphatic carbocycles. The minimum absolute atomic E-state index is 0. The van der Waals surface area contributed by atoms with Gasteiger partial charge in [-0.05, 0) is 72.2 Å². The van der Waals surface area contributed by atoms with Gasteiger partial charge in [0.15, 0.2) is 0 Å². The number of carbonyl (C=O) groups excluding carboxylic acids is 2. The molecule has 6 nitrogen and oxygen atoms in total. The van der Waals surface area contributed by atoms with E-state index < -0.39 is 0 Å². The quantitative estimate of drug-likeness (QED) is 0.600. The van der Waals surface area contributed by atoms with E-state index in [1.807, 2.05) is 18.2 Å². The summed E-state index contributed by atoms with van der Waals surface area (Å²) in [5, 5.41) is 6.54. The number of nitrogens with one attached hydrogen (secondary N) is 2. The largest absolute Gasteiger partial charge is 0.469 e. The summed E-state index contributed by atoms with van der Waals surface area (Å²) in [6.45, 7) is 3.92. The van der Waals surface area contributed by atoms with Crippen molar-refractivity contribution in [3.05, 3.63) is 28.2 Å². The van der Waals surface area contributed by atoms with Crippen molar-refractivity contribution in [3.63, 3.8) is 0 Å². The van der Waals surface area contributed by atoms with Gasteiger partial charge in [-0.3, -0.25) is 9.59 Å². The number of amides is 1. The maximum Gasteiger partial charge on any atom is 0.305 e. The summed E-state index contributed by atoms with van der Waals surface area (Å²) < 4.78 is 5.68. The van der Waals surface area contributed by atoms with Gasteiger partial charge in [-0.1, -0.05) is 0 Å². The molecule has 1 aromatic rings. The number of carbonyl (C=O) groups is 2. The number of benzene rings is 1. The second-order valence-corrected chi connectivity index (χ2v) is 8.56. The highest BCUT2D eigenvalue weighted by Crippen LogP contribution is 2.30. The number of ether oxygens (including phenoxy) is 1. The Kier molecular flexibility index (Phi) is 9.72. The molecule has 1 amide bonds. The predicted molar refractivity (Wildman–Crippen MR) is 121 cm³/mol. The normalized spacial score (nSPS) is 21.8. The zero-order valence-electron chi connectivity index (χ0n) is 16.9. The molecule has 0 bridgehead atoms. The molecule has 2 N–H and O–H groups in total. The molecule has 0 spiro atoms. The Morgan fingerprint density at radius 2 is 1.90 bits per heavy atom. The minimum atomic E-state index is -0.134. The van der Waals surface area contributed by atoms with Crippen molar-refractivity contribution in [1.29, 1.82) is 0 Å². The molecular formula is C21H31BrClN3O3. The fraction of sp³-hybridized carbons (Fsp3) is 0.619. The third-order valence-electron chi connectivity index (χ3n) is 5.83. The molecule has 0 radical (unpaired) electrons. The summed E-state index contributed by atoms with van der Waals surface area (Å²) in [6.07, 6.45) is 5.41. The summed E-state index contributed by atoms with van der Waals surface area (Å²) in [7, 11) is 1.43. The monoisotopic (exact) mass is 487 g/mol. The van der Waals surface area contributed by atoms with Gasteiger partial charge in [-0.15, -0.1) is 12.4 Å². The van der Waals surface area contributed by atoms with Crippen LogP contribution in [0.15, 0.2) is 22.7 Å². The zero-order chi connectivity index (χ0) is 19.9. The lowest BCUT2D eigenvalue weighted by Gasteiger charge is -2.30. The van der Waals surface area contributed by atoms with Gasteiger partial charge in [-0.25, -0.2) is 0 Å². The SMILES string of the molecule is COC(=O)CCC1CCC(NC(=O)c2ccc(N3CCNCC3)c(Br)c2)CC1.Cl. The molecule has 1 aliphatic heterocycles. The third-order valence-corrected chi connectivity index (χ3v) is 6.47. The number of halogens is 2. The Hall–Kier alpha value is -1.31. The van der Waals surface area contributed by atoms with Crippen LogP contribution in [0, 0.1) is 5.92 Å². The van der Waals surface area contributed by atoms with Gasteiger partial charge in [0, 0.05) is 48.7 Å². The second kappa shape index (κ2) is 11.8. The van der Waals surface area contributed by atoms with Crippen LogP contribution in [0.2, 0.25) is 0 Å². The molecular weight excluding hydrogens is 458 g/mol. The molecule has 8 heteroatoms. The Labute approximate surface area is 187 Å². The Morgan fingerprint density at radius 1 is 1.21 bits per heavy atom. The van der Waals surface area contributed by atoms with E-state index in [-0.39, 0.29) is 30.3 Å². The Bertz CT molecular complexity index is 690. The summed E-state index contributed by atoms with van der Waals surface area (Å²) in [5.41, 5.74) is 1.84. The minimum Gasteiger partial charge on any atom is -0.469 e. The van der Waals surface area contributed by atoms with E-state index in [0.717, 1.165) is 68.4 Å². The molecule has 3 rings (SSSR count). The van der Waals surface area contributed by atoms with E-state index in [0.29, 0.717) is 17.9 Å². The molecule has 2 aliphatic rings. The zero-order valence-corrected chi connectivity index (χ0v) is 19.3. The second-order valence-electron chi connectivity index (χ2n) is 7.71. The lowest BCUT2D eigenvalue weighted by molar-refractivity contribution is -0.141. The van der Waals surface area contributed by atoms with E-state index in [1.165, 1.54) is 7.11 Å². The van der Waals surface area contributed by atoms with Crippen molar-refractivity contribution in [3.8, 4) is 0 Å². The van der Waals surface area contributed by atoms with Gasteiger partial charge in [0.2, 0.25) is 0 Å². The van der Waals surface area contributed by atoms with Gasteiger partial charge in [-0.2, -0.15) is 0 Å². The average Bonchev–Trinajstić information content (AvgIpc) is 2.73. The number of hydrogen-bond donors (Lipinski definition) is 2. The maximum absolute atomic E-state index is 12.7. The first-order valence-electron chi connectivity index (χ1n) is 10.2. The van der Waals surface area contributed by atoms with Gasteiger partial charge < -0.3 is 20.3 Å². The predicted octanol–water partition coefficient (Wildman–Crippen LogP) is 3.52. The average molecular weight is 489 g/mol. The number of rotatable bonds is 6. The smallest absolute Gasteiger partial charge is 0.305 e. The fourth-order valence-electron chi connectivity index (χ4n) is 4.10. The first kappa shape index (κ1) is 24.0. The van der Waals surface area contributed by atoms with E-state index in [2.05, 4.69) is 31.5 Å². The molecule has 1 heterocycles. The molecule has 2 fully saturated rings. The number of nitrogens with zero attached hydrogens (tertiary/aromatic N) is 1. The van der Waals surface area contributed by atoms with Crippen LogP contribution in [-0.4, -0.2) is 51.2 Å². The highest BCUT2D eigenvalue weighted by Gasteiger charge is 2.24. The van der Waals surface area contributed by atoms with Crippen molar-refractivity contribution >= 4 is 45.9 Å². The highest BCUT2D eigenvalue weighted by molar-refractivity contribution is 9.10. The molecule has 1 aromatic carbocycles. The van der Waals surface area contributed by atoms with E-state index in [4.69, 9.17) is 4.74 Å². The first-order chi connectivity index (χ1) is 13.6. The molecule has 1 saturated heterocycles. The number of esters is 1. The summed E-state index contributed by atoms with van der Waals surface area (Å²) in [4.78, 5) is 26.3. The van der Waals surface area contributed by atoms with Crippen molar-refractivity contribution in [2.45, 2.75) is 44.6 Å². The van der Waals surface area contributed by atoms with E-state index in [1.54, 1.807) is 0 Å². The van der Waals surface area contributed by atoms with Crippen LogP contribution in [-0.2, 0) is 9.53 Å². The van der Waals surface area contributed by atoms with Crippen LogP contribution in [0.25, 0.3) is 0 Å². The highest BCUT2D eigenvalue weighted by atomic mass is 79.9. The van der Waals surface area contributed by atoms with Crippen LogP contribution >= 0.6 is 28.3 Å². The number of hydrogen-bond acceptors (Lipinski definition) is 5. The Balaban J connectivity index is 0.00000300. The van der Waals surface area contributed by atoms with Gasteiger partial charge in [0.1, 0.15) is 0 Å². The fourth-order valence-corrected chi connectivity index (χ4v) is 4.73. The third kappa shape index (κ3) is 6.86. The standard InChI is InChI=1S/C21H30BrN3O3.ClH/c1-28-20(26)9-4-15-2-6-17(7-3-15)24-21(27)16-5-8-19(18(22)14-16)25-12-10-23-11-13-25;/h5,8,14-15,17,23H,2-4,6-7,9-13H2,1H3,(H,24,27);1H. The maximum atomic E-state index is 12.7. The van der Waals surface area contributed by atoms with Gasteiger partial charge in [0.25, 0.3) is 5.91 Å². The summed E-state index contributed by atoms with van der Waals surface area (Å²) in [5.74, 6) is 0.413. The summed E-state index contributed by atoms with van der Waals surface area (Å²) in [6, 6.07) is 6.09. The number of piperazine rings is 1. The molecule has 29 heavy (non-hydrogen) atoms. The topological polar surface area (TPSA) is 70.7 Å². The molecule has 1 saturated carbocycles. The molecule has 0 atom stereocenters. The number of anilines is 1. The van der Waals surface area contributed by atoms with E-state index in [9.17, 15) is 9.59 Å². The van der Waals surface area contributed by atoms with E-state index >= 15 is 0 Å². The Morgan fingerprint density at radius 3 is 2.52 bits per heavy atom. The lowest BCUT2D eigenvalue weighted by atomic mass is 9.83. The van der Waals surface area contributed by atoms with Crippen molar-refractivity contribution in [1.82, 2.24) is 10.6 Å². The van der Waals surface area contributed by atoms with Crippen molar-refractivity contribution in [2.75, 3.05) is 38.2 Å². The van der Waals surface area contributed by atoms with Crippen LogP contribution in [0.1, 0.15) is 48.9 Å². The van der Waals surface area contributed by atoms with Crippen LogP contribution in [0.3, 0.4) is 0 Å². The van der Waals surface area contributed by atoms with Crippen LogP contribution in [0.4, 0.5) is 5.69 Å². The summed E-state index contributed by atoms with van der Waals surface area (Å²) >= 11 is 3.64. The van der Waals surface area contributed by atoms with Crippen LogP contribution < -0.4 is 15.5 Å². The molecule has 162 valence electrons. The van der Waals surface area contributed by atoms with Crippen molar-refractivity contribution < 1.29 is 14.3 Å². The van der Waals surface area contributed by atoms with Crippen LogP contribution in [0.5, 0.6) is 0 Å². The lowest BCUT2D eigenvalue weighted by Crippen LogP contribution is -2.43. The molecule has 0 unspecified atom stereocenters. The first-order valence-corrected chi connectivity index (χ1v) is 11.0. The van der Waals surface area contributed by atoms with Crippen molar-refractivity contribution in [2.24, 2.45) is 5.92 Å². The van der Waals surface area contributed by atoms with Gasteiger partial charge >= 0.3 is 5.97 Å². The van der Waals surface area contributed by atoms with Gasteiger partial charge in [0.05, 0.1) is 12.8 Å². The number of methoxy groups -OCH3 is 1. The molecule has 0 aromatic heterocycles.